The number of aryl methyl sites for hydroxylation is 1. The molecule has 0 saturated heterocycles. The van der Waals surface area contributed by atoms with Crippen LogP contribution in [0.3, 0.4) is 0 Å². The van der Waals surface area contributed by atoms with Crippen LogP contribution in [0, 0.1) is 6.92 Å². The molecule has 0 saturated carbocycles. The number of carbonyl (C=O) groups is 2. The molecule has 0 aliphatic heterocycles. The summed E-state index contributed by atoms with van der Waals surface area (Å²) < 4.78 is 10.5. The average molecular weight is 390 g/mol. The lowest BCUT2D eigenvalue weighted by atomic mass is 10.1. The number of benzene rings is 3. The van der Waals surface area contributed by atoms with E-state index in [-0.39, 0.29) is 11.8 Å². The summed E-state index contributed by atoms with van der Waals surface area (Å²) in [5.74, 6) is 0.553. The van der Waals surface area contributed by atoms with Crippen LogP contribution >= 0.6 is 0 Å². The molecule has 0 radical (unpaired) electrons. The van der Waals surface area contributed by atoms with E-state index in [0.717, 1.165) is 5.56 Å². The van der Waals surface area contributed by atoms with Crippen LogP contribution in [-0.4, -0.2) is 26.0 Å². The highest BCUT2D eigenvalue weighted by Gasteiger charge is 2.14. The van der Waals surface area contributed by atoms with E-state index in [2.05, 4.69) is 10.6 Å². The quantitative estimate of drug-likeness (QED) is 0.649. The van der Waals surface area contributed by atoms with E-state index in [1.807, 2.05) is 13.0 Å². The van der Waals surface area contributed by atoms with Gasteiger partial charge < -0.3 is 20.1 Å². The standard InChI is InChI=1S/C23H22N2O4/c1-15-9-10-17(13-19(15)24-22(26)16-7-5-4-6-8-16)23(27)25-20-14-18(28-2)11-12-21(20)29-3/h4-14H,1-3H3,(H,24,26)(H,25,27). The molecule has 0 atom stereocenters. The van der Waals surface area contributed by atoms with Crippen LogP contribution in [0.25, 0.3) is 0 Å². The number of anilines is 2. The molecule has 0 aromatic heterocycles. The van der Waals surface area contributed by atoms with Crippen LogP contribution in [-0.2, 0) is 0 Å². The predicted molar refractivity (Wildman–Crippen MR) is 113 cm³/mol. The Balaban J connectivity index is 1.82. The highest BCUT2D eigenvalue weighted by atomic mass is 16.5. The summed E-state index contributed by atoms with van der Waals surface area (Å²) in [5, 5.41) is 5.69. The number of methoxy groups -OCH3 is 2. The van der Waals surface area contributed by atoms with Gasteiger partial charge in [-0.2, -0.15) is 0 Å². The Bertz CT molecular complexity index is 1030. The van der Waals surface area contributed by atoms with E-state index in [4.69, 9.17) is 9.47 Å². The summed E-state index contributed by atoms with van der Waals surface area (Å²) in [7, 11) is 3.08. The molecule has 2 amide bonds. The van der Waals surface area contributed by atoms with Gasteiger partial charge in [0.25, 0.3) is 11.8 Å². The van der Waals surface area contributed by atoms with Gasteiger partial charge in [-0.05, 0) is 48.9 Å². The third-order valence-electron chi connectivity index (χ3n) is 4.44. The second-order valence-electron chi connectivity index (χ2n) is 6.37. The molecule has 148 valence electrons. The first-order chi connectivity index (χ1) is 14.0. The summed E-state index contributed by atoms with van der Waals surface area (Å²) in [6.07, 6.45) is 0. The molecular formula is C23H22N2O4. The number of nitrogens with one attached hydrogen (secondary N) is 2. The Morgan fingerprint density at radius 3 is 2.10 bits per heavy atom. The van der Waals surface area contributed by atoms with E-state index in [1.165, 1.54) is 7.11 Å². The lowest BCUT2D eigenvalue weighted by Gasteiger charge is -2.13. The van der Waals surface area contributed by atoms with Crippen molar-refractivity contribution in [2.75, 3.05) is 24.9 Å². The minimum atomic E-state index is -0.327. The number of hydrogen-bond acceptors (Lipinski definition) is 4. The fourth-order valence-corrected chi connectivity index (χ4v) is 2.79. The largest absolute Gasteiger partial charge is 0.497 e. The van der Waals surface area contributed by atoms with Gasteiger partial charge in [0.1, 0.15) is 11.5 Å². The Morgan fingerprint density at radius 2 is 1.41 bits per heavy atom. The second kappa shape index (κ2) is 8.93. The average Bonchev–Trinajstić information content (AvgIpc) is 2.75. The van der Waals surface area contributed by atoms with E-state index < -0.39 is 0 Å². The Kier molecular flexibility index (Phi) is 6.14. The van der Waals surface area contributed by atoms with Crippen molar-refractivity contribution in [1.82, 2.24) is 0 Å². The SMILES string of the molecule is COc1ccc(OC)c(NC(=O)c2ccc(C)c(NC(=O)c3ccccc3)c2)c1. The first kappa shape index (κ1) is 19.9. The Hall–Kier alpha value is -3.80. The van der Waals surface area contributed by atoms with Gasteiger partial charge in [0.2, 0.25) is 0 Å². The van der Waals surface area contributed by atoms with E-state index >= 15 is 0 Å². The van der Waals surface area contributed by atoms with Gasteiger partial charge in [0.05, 0.1) is 19.9 Å². The molecule has 3 aromatic carbocycles. The predicted octanol–water partition coefficient (Wildman–Crippen LogP) is 4.52. The molecule has 29 heavy (non-hydrogen) atoms. The van der Waals surface area contributed by atoms with Crippen LogP contribution in [0.5, 0.6) is 11.5 Å². The lowest BCUT2D eigenvalue weighted by molar-refractivity contribution is 0.101. The Morgan fingerprint density at radius 1 is 0.724 bits per heavy atom. The number of hydrogen-bond donors (Lipinski definition) is 2. The van der Waals surface area contributed by atoms with Gasteiger partial charge in [0, 0.05) is 22.9 Å². The summed E-state index contributed by atoms with van der Waals surface area (Å²) in [6, 6.07) is 19.2. The van der Waals surface area contributed by atoms with E-state index in [9.17, 15) is 9.59 Å². The molecule has 2 N–H and O–H groups in total. The van der Waals surface area contributed by atoms with Crippen molar-refractivity contribution in [3.8, 4) is 11.5 Å². The maximum Gasteiger partial charge on any atom is 0.255 e. The third-order valence-corrected chi connectivity index (χ3v) is 4.44. The minimum Gasteiger partial charge on any atom is -0.497 e. The highest BCUT2D eigenvalue weighted by molar-refractivity contribution is 6.08. The van der Waals surface area contributed by atoms with Gasteiger partial charge in [-0.15, -0.1) is 0 Å². The van der Waals surface area contributed by atoms with Crippen LogP contribution in [0.15, 0.2) is 66.7 Å². The maximum atomic E-state index is 12.8. The smallest absolute Gasteiger partial charge is 0.255 e. The molecule has 0 spiro atoms. The first-order valence-electron chi connectivity index (χ1n) is 9.02. The minimum absolute atomic E-state index is 0.235. The van der Waals surface area contributed by atoms with Gasteiger partial charge >= 0.3 is 0 Å². The normalized spacial score (nSPS) is 10.2. The summed E-state index contributed by atoms with van der Waals surface area (Å²) in [4.78, 5) is 25.2. The molecule has 0 fully saturated rings. The molecule has 3 rings (SSSR count). The zero-order valence-electron chi connectivity index (χ0n) is 16.5. The van der Waals surface area contributed by atoms with Crippen molar-refractivity contribution in [3.63, 3.8) is 0 Å². The zero-order chi connectivity index (χ0) is 20.8. The van der Waals surface area contributed by atoms with E-state index in [0.29, 0.717) is 34.0 Å². The van der Waals surface area contributed by atoms with Gasteiger partial charge in [-0.3, -0.25) is 9.59 Å². The van der Waals surface area contributed by atoms with Crippen molar-refractivity contribution in [3.05, 3.63) is 83.4 Å². The second-order valence-corrected chi connectivity index (χ2v) is 6.37. The van der Waals surface area contributed by atoms with Gasteiger partial charge in [0.15, 0.2) is 0 Å². The van der Waals surface area contributed by atoms with Crippen molar-refractivity contribution >= 4 is 23.2 Å². The first-order valence-corrected chi connectivity index (χ1v) is 9.02. The summed E-state index contributed by atoms with van der Waals surface area (Å²) in [6.45, 7) is 1.87. The fraction of sp³-hybridized carbons (Fsp3) is 0.130. The molecule has 0 aliphatic carbocycles. The molecule has 3 aromatic rings. The lowest BCUT2D eigenvalue weighted by Crippen LogP contribution is -2.16. The summed E-state index contributed by atoms with van der Waals surface area (Å²) in [5.41, 5.74) is 2.87. The molecule has 0 aliphatic rings. The highest BCUT2D eigenvalue weighted by Crippen LogP contribution is 2.29. The maximum absolute atomic E-state index is 12.8. The van der Waals surface area contributed by atoms with Crippen molar-refractivity contribution < 1.29 is 19.1 Å². The summed E-state index contributed by atoms with van der Waals surface area (Å²) >= 11 is 0. The topological polar surface area (TPSA) is 76.7 Å². The van der Waals surface area contributed by atoms with Crippen molar-refractivity contribution in [2.45, 2.75) is 6.92 Å². The number of amides is 2. The zero-order valence-corrected chi connectivity index (χ0v) is 16.5. The van der Waals surface area contributed by atoms with Crippen LogP contribution in [0.2, 0.25) is 0 Å². The van der Waals surface area contributed by atoms with Crippen LogP contribution < -0.4 is 20.1 Å². The van der Waals surface area contributed by atoms with E-state index in [1.54, 1.807) is 67.8 Å². The van der Waals surface area contributed by atoms with Crippen LogP contribution in [0.1, 0.15) is 26.3 Å². The molecule has 6 nitrogen and oxygen atoms in total. The molecule has 6 heteroatoms. The molecule has 0 bridgehead atoms. The molecular weight excluding hydrogens is 368 g/mol. The number of rotatable bonds is 6. The number of carbonyl (C=O) groups excluding carboxylic acids is 2. The van der Waals surface area contributed by atoms with Gasteiger partial charge in [-0.1, -0.05) is 24.3 Å². The Labute approximate surface area is 169 Å². The third kappa shape index (κ3) is 4.73. The fourth-order valence-electron chi connectivity index (χ4n) is 2.79. The molecule has 0 unspecified atom stereocenters. The van der Waals surface area contributed by atoms with Crippen molar-refractivity contribution in [1.29, 1.82) is 0 Å². The number of ether oxygens (including phenoxy) is 2. The molecule has 0 heterocycles. The van der Waals surface area contributed by atoms with Crippen LogP contribution in [0.4, 0.5) is 11.4 Å². The van der Waals surface area contributed by atoms with Gasteiger partial charge in [-0.25, -0.2) is 0 Å². The van der Waals surface area contributed by atoms with Crippen molar-refractivity contribution in [2.24, 2.45) is 0 Å². The monoisotopic (exact) mass is 390 g/mol.